The second-order valence-electron chi connectivity index (χ2n) is 8.27. The number of aliphatic hydroxyl groups excluding tert-OH is 2. The Labute approximate surface area is 204 Å². The molecular formula is C25H24F3N3O5. The van der Waals surface area contributed by atoms with Gasteiger partial charge in [0.2, 0.25) is 5.91 Å². The molecule has 8 nitrogen and oxygen atoms in total. The van der Waals surface area contributed by atoms with Crippen molar-refractivity contribution in [2.45, 2.75) is 31.7 Å². The number of hydrogen-bond donors (Lipinski definition) is 3. The number of ether oxygens (including phenoxy) is 2. The Balaban J connectivity index is 1.48. The van der Waals surface area contributed by atoms with Crippen LogP contribution in [0.25, 0.3) is 11.4 Å². The SMILES string of the molecule is O=C1NCC[C@@H]1CCc1cc([C@H](O)CO)nc(-c2ccc(Oc3ccc(OC(F)(F)F)cc3)cc2)n1. The highest BCUT2D eigenvalue weighted by Gasteiger charge is 2.31. The number of amides is 1. The van der Waals surface area contributed by atoms with Crippen LogP contribution in [0.3, 0.4) is 0 Å². The van der Waals surface area contributed by atoms with E-state index < -0.39 is 19.1 Å². The van der Waals surface area contributed by atoms with Gasteiger partial charge in [0.05, 0.1) is 12.3 Å². The van der Waals surface area contributed by atoms with Gasteiger partial charge in [0.15, 0.2) is 5.82 Å². The van der Waals surface area contributed by atoms with Crippen molar-refractivity contribution in [1.29, 1.82) is 0 Å². The van der Waals surface area contributed by atoms with Crippen LogP contribution in [0.1, 0.15) is 30.3 Å². The molecule has 0 unspecified atom stereocenters. The summed E-state index contributed by atoms with van der Waals surface area (Å²) in [7, 11) is 0. The average molecular weight is 503 g/mol. The third-order valence-corrected chi connectivity index (χ3v) is 5.63. The Morgan fingerprint density at radius 3 is 2.25 bits per heavy atom. The molecule has 0 saturated carbocycles. The third kappa shape index (κ3) is 6.70. The van der Waals surface area contributed by atoms with Gasteiger partial charge in [0.1, 0.15) is 23.4 Å². The number of halogens is 3. The van der Waals surface area contributed by atoms with Crippen LogP contribution in [-0.4, -0.2) is 45.6 Å². The lowest BCUT2D eigenvalue weighted by atomic mass is 10.00. The second-order valence-corrected chi connectivity index (χ2v) is 8.27. The predicted molar refractivity (Wildman–Crippen MR) is 122 cm³/mol. The zero-order valence-corrected chi connectivity index (χ0v) is 19.0. The van der Waals surface area contributed by atoms with E-state index in [1.807, 2.05) is 0 Å². The first-order valence-electron chi connectivity index (χ1n) is 11.3. The standard InChI is InChI=1S/C25H24F3N3O5/c26-25(27,28)36-20-9-7-19(8-10-20)35-18-5-2-15(3-6-18)23-30-17(13-21(31-23)22(33)14-32)4-1-16-11-12-29-24(16)34/h2-3,5-10,13,16,22,32-33H,1,4,11-12,14H2,(H,29,34)/t16-,22+/m0/s1. The van der Waals surface area contributed by atoms with Gasteiger partial charge < -0.3 is 25.0 Å². The van der Waals surface area contributed by atoms with Crippen LogP contribution in [0.2, 0.25) is 0 Å². The lowest BCUT2D eigenvalue weighted by Gasteiger charge is -2.13. The summed E-state index contributed by atoms with van der Waals surface area (Å²) in [4.78, 5) is 20.8. The van der Waals surface area contributed by atoms with Crippen molar-refractivity contribution in [2.24, 2.45) is 5.92 Å². The van der Waals surface area contributed by atoms with Crippen molar-refractivity contribution < 1.29 is 37.7 Å². The Morgan fingerprint density at radius 1 is 1.03 bits per heavy atom. The molecule has 1 saturated heterocycles. The molecule has 1 aliphatic rings. The van der Waals surface area contributed by atoms with Crippen LogP contribution in [-0.2, 0) is 11.2 Å². The minimum atomic E-state index is -4.77. The molecule has 2 heterocycles. The van der Waals surface area contributed by atoms with Gasteiger partial charge >= 0.3 is 6.36 Å². The molecule has 190 valence electrons. The fourth-order valence-electron chi connectivity index (χ4n) is 3.80. The number of rotatable bonds is 9. The second kappa shape index (κ2) is 10.9. The smallest absolute Gasteiger partial charge is 0.457 e. The maximum absolute atomic E-state index is 12.3. The topological polar surface area (TPSA) is 114 Å². The molecule has 2 atom stereocenters. The first-order chi connectivity index (χ1) is 17.2. The van der Waals surface area contributed by atoms with E-state index in [0.717, 1.165) is 18.6 Å². The zero-order valence-electron chi connectivity index (χ0n) is 19.0. The monoisotopic (exact) mass is 503 g/mol. The Morgan fingerprint density at radius 2 is 1.67 bits per heavy atom. The van der Waals surface area contributed by atoms with Gasteiger partial charge in [0.25, 0.3) is 0 Å². The van der Waals surface area contributed by atoms with E-state index in [0.29, 0.717) is 48.0 Å². The first-order valence-corrected chi connectivity index (χ1v) is 11.3. The summed E-state index contributed by atoms with van der Waals surface area (Å²) in [5.74, 6) is 0.683. The van der Waals surface area contributed by atoms with Crippen LogP contribution in [0.4, 0.5) is 13.2 Å². The summed E-state index contributed by atoms with van der Waals surface area (Å²) in [6.45, 7) is 0.160. The maximum Gasteiger partial charge on any atom is 0.573 e. The zero-order chi connectivity index (χ0) is 25.7. The molecule has 1 aromatic heterocycles. The van der Waals surface area contributed by atoms with Crippen LogP contribution in [0.5, 0.6) is 17.2 Å². The average Bonchev–Trinajstić information content (AvgIpc) is 3.27. The first kappa shape index (κ1) is 25.4. The summed E-state index contributed by atoms with van der Waals surface area (Å²) < 4.78 is 46.4. The van der Waals surface area contributed by atoms with Crippen LogP contribution >= 0.6 is 0 Å². The normalized spacial score (nSPS) is 16.5. The quantitative estimate of drug-likeness (QED) is 0.406. The van der Waals surface area contributed by atoms with Gasteiger partial charge in [-0.1, -0.05) is 0 Å². The van der Waals surface area contributed by atoms with Gasteiger partial charge in [-0.2, -0.15) is 0 Å². The van der Waals surface area contributed by atoms with Crippen molar-refractivity contribution in [1.82, 2.24) is 15.3 Å². The number of nitrogens with one attached hydrogen (secondary N) is 1. The molecule has 11 heteroatoms. The van der Waals surface area contributed by atoms with Crippen LogP contribution in [0.15, 0.2) is 54.6 Å². The summed E-state index contributed by atoms with van der Waals surface area (Å²) in [6.07, 6.45) is -4.06. The predicted octanol–water partition coefficient (Wildman–Crippen LogP) is 3.93. The molecule has 4 rings (SSSR count). The molecular weight excluding hydrogens is 479 g/mol. The van der Waals surface area contributed by atoms with E-state index in [2.05, 4.69) is 20.0 Å². The summed E-state index contributed by atoms with van der Waals surface area (Å²) in [5, 5.41) is 22.3. The number of hydrogen-bond acceptors (Lipinski definition) is 7. The highest BCUT2D eigenvalue weighted by Crippen LogP contribution is 2.29. The van der Waals surface area contributed by atoms with Crippen LogP contribution in [0, 0.1) is 5.92 Å². The van der Waals surface area contributed by atoms with Gasteiger partial charge in [0, 0.05) is 23.7 Å². The van der Waals surface area contributed by atoms with E-state index in [1.165, 1.54) is 12.1 Å². The molecule has 3 N–H and O–H groups in total. The number of aliphatic hydroxyl groups is 2. The molecule has 0 radical (unpaired) electrons. The van der Waals surface area contributed by atoms with Crippen molar-refractivity contribution in [3.63, 3.8) is 0 Å². The lowest BCUT2D eigenvalue weighted by Crippen LogP contribution is -2.19. The van der Waals surface area contributed by atoms with E-state index in [9.17, 15) is 28.2 Å². The van der Waals surface area contributed by atoms with E-state index in [-0.39, 0.29) is 23.3 Å². The van der Waals surface area contributed by atoms with E-state index in [1.54, 1.807) is 30.3 Å². The van der Waals surface area contributed by atoms with Gasteiger partial charge in [-0.3, -0.25) is 4.79 Å². The highest BCUT2D eigenvalue weighted by atomic mass is 19.4. The van der Waals surface area contributed by atoms with E-state index >= 15 is 0 Å². The molecule has 0 aliphatic carbocycles. The third-order valence-electron chi connectivity index (χ3n) is 5.63. The van der Waals surface area contributed by atoms with Crippen molar-refractivity contribution in [3.8, 4) is 28.6 Å². The summed E-state index contributed by atoms with van der Waals surface area (Å²) >= 11 is 0. The fourth-order valence-corrected chi connectivity index (χ4v) is 3.80. The number of benzene rings is 2. The van der Waals surface area contributed by atoms with Gasteiger partial charge in [-0.25, -0.2) is 9.97 Å². The van der Waals surface area contributed by atoms with Crippen molar-refractivity contribution >= 4 is 5.91 Å². The lowest BCUT2D eigenvalue weighted by molar-refractivity contribution is -0.274. The number of carbonyl (C=O) groups is 1. The minimum absolute atomic E-state index is 0.0259. The molecule has 2 aromatic carbocycles. The van der Waals surface area contributed by atoms with Gasteiger partial charge in [-0.15, -0.1) is 13.2 Å². The molecule has 1 amide bonds. The van der Waals surface area contributed by atoms with Crippen molar-refractivity contribution in [2.75, 3.05) is 13.2 Å². The van der Waals surface area contributed by atoms with E-state index in [4.69, 9.17) is 4.74 Å². The number of aromatic nitrogens is 2. The fraction of sp³-hybridized carbons (Fsp3) is 0.320. The Hall–Kier alpha value is -3.70. The van der Waals surface area contributed by atoms with Crippen LogP contribution < -0.4 is 14.8 Å². The highest BCUT2D eigenvalue weighted by molar-refractivity contribution is 5.80. The molecule has 0 bridgehead atoms. The van der Waals surface area contributed by atoms with Gasteiger partial charge in [-0.05, 0) is 73.9 Å². The molecule has 3 aromatic rings. The molecule has 1 fully saturated rings. The molecule has 36 heavy (non-hydrogen) atoms. The van der Waals surface area contributed by atoms with Crippen molar-refractivity contribution in [3.05, 3.63) is 66.0 Å². The number of nitrogens with zero attached hydrogens (tertiary/aromatic N) is 2. The minimum Gasteiger partial charge on any atom is -0.457 e. The summed E-state index contributed by atoms with van der Waals surface area (Å²) in [6, 6.07) is 13.3. The Kier molecular flexibility index (Phi) is 7.70. The molecule has 0 spiro atoms. The number of alkyl halides is 3. The Bertz CT molecular complexity index is 1190. The number of aryl methyl sites for hydroxylation is 1. The number of carbonyl (C=O) groups excluding carboxylic acids is 1. The summed E-state index contributed by atoms with van der Waals surface area (Å²) in [5.41, 5.74) is 1.54. The largest absolute Gasteiger partial charge is 0.573 e. The molecule has 1 aliphatic heterocycles. The maximum atomic E-state index is 12.3.